The van der Waals surface area contributed by atoms with Gasteiger partial charge in [-0.3, -0.25) is 4.79 Å². The highest BCUT2D eigenvalue weighted by atomic mass is 32.2. The van der Waals surface area contributed by atoms with Crippen LogP contribution in [-0.4, -0.2) is 41.2 Å². The number of aryl methyl sites for hydroxylation is 1. The summed E-state index contributed by atoms with van der Waals surface area (Å²) in [5.41, 5.74) is 1.88. The molecule has 2 aromatic rings. The molecule has 1 aromatic heterocycles. The van der Waals surface area contributed by atoms with Crippen molar-refractivity contribution in [2.24, 2.45) is 0 Å². The topological polar surface area (TPSA) is 42.4 Å². The normalized spacial score (nSPS) is 17.3. The maximum Gasteiger partial charge on any atom is 0.255 e. The molecule has 0 saturated carbocycles. The molecule has 5 heteroatoms. The lowest BCUT2D eigenvalue weighted by molar-refractivity contribution is 0.0768. The van der Waals surface area contributed by atoms with Crippen LogP contribution in [-0.2, 0) is 0 Å². The van der Waals surface area contributed by atoms with Crippen molar-refractivity contribution >= 4 is 17.7 Å². The zero-order chi connectivity index (χ0) is 16.2. The van der Waals surface area contributed by atoms with Gasteiger partial charge in [-0.1, -0.05) is 18.2 Å². The van der Waals surface area contributed by atoms with Crippen molar-refractivity contribution in [3.05, 3.63) is 53.7 Å². The summed E-state index contributed by atoms with van der Waals surface area (Å²) in [6.07, 6.45) is 4.63. The Bertz CT molecular complexity index is 688. The second kappa shape index (κ2) is 7.04. The van der Waals surface area contributed by atoms with Crippen LogP contribution in [0.2, 0.25) is 0 Å². The number of rotatable bonds is 4. The third-order valence-corrected chi connectivity index (χ3v) is 4.74. The van der Waals surface area contributed by atoms with Gasteiger partial charge < -0.3 is 9.64 Å². The molecule has 1 saturated heterocycles. The summed E-state index contributed by atoms with van der Waals surface area (Å²) in [6, 6.07) is 11.6. The highest BCUT2D eigenvalue weighted by molar-refractivity contribution is 7.98. The van der Waals surface area contributed by atoms with Gasteiger partial charge in [0, 0.05) is 30.1 Å². The van der Waals surface area contributed by atoms with Gasteiger partial charge >= 0.3 is 0 Å². The van der Waals surface area contributed by atoms with Gasteiger partial charge in [0.15, 0.2) is 0 Å². The van der Waals surface area contributed by atoms with Gasteiger partial charge in [-0.05, 0) is 30.9 Å². The molecule has 1 unspecified atom stereocenters. The highest BCUT2D eigenvalue weighted by Gasteiger charge is 2.29. The van der Waals surface area contributed by atoms with Gasteiger partial charge in [-0.25, -0.2) is 4.98 Å². The van der Waals surface area contributed by atoms with E-state index >= 15 is 0 Å². The molecular weight excluding hydrogens is 308 g/mol. The second-order valence-electron chi connectivity index (χ2n) is 5.65. The first kappa shape index (κ1) is 15.9. The van der Waals surface area contributed by atoms with Gasteiger partial charge in [-0.15, -0.1) is 11.8 Å². The van der Waals surface area contributed by atoms with Gasteiger partial charge in [0.25, 0.3) is 5.91 Å². The molecule has 120 valence electrons. The Morgan fingerprint density at radius 2 is 2.13 bits per heavy atom. The molecule has 0 radical (unpaired) electrons. The third-order valence-electron chi connectivity index (χ3n) is 3.94. The first-order chi connectivity index (χ1) is 11.2. The monoisotopic (exact) mass is 328 g/mol. The summed E-state index contributed by atoms with van der Waals surface area (Å²) in [6.45, 7) is 3.32. The number of carbonyl (C=O) groups excluding carboxylic acids is 1. The van der Waals surface area contributed by atoms with E-state index in [0.717, 1.165) is 29.0 Å². The molecule has 0 aliphatic carbocycles. The Hall–Kier alpha value is -2.01. The molecule has 3 rings (SSSR count). The maximum atomic E-state index is 12.7. The van der Waals surface area contributed by atoms with Gasteiger partial charge in [0.05, 0.1) is 12.1 Å². The molecule has 0 bridgehead atoms. The van der Waals surface area contributed by atoms with Crippen molar-refractivity contribution in [1.82, 2.24) is 9.88 Å². The molecule has 0 N–H and O–H groups in total. The van der Waals surface area contributed by atoms with Crippen LogP contribution in [0, 0.1) is 6.92 Å². The minimum atomic E-state index is 0.00981. The standard InChI is InChI=1S/C18H20N2O2S/c1-13-7-8-17(19-11-13)22-14-9-10-20(12-14)18(21)15-5-3-4-6-16(15)23-2/h3-8,11,14H,9-10,12H2,1-2H3. The summed E-state index contributed by atoms with van der Waals surface area (Å²) < 4.78 is 5.89. The summed E-state index contributed by atoms with van der Waals surface area (Å²) in [5.74, 6) is 0.706. The van der Waals surface area contributed by atoms with Crippen molar-refractivity contribution in [3.63, 3.8) is 0 Å². The zero-order valence-corrected chi connectivity index (χ0v) is 14.2. The van der Waals surface area contributed by atoms with Crippen molar-refractivity contribution in [2.45, 2.75) is 24.3 Å². The average Bonchev–Trinajstić information content (AvgIpc) is 3.05. The van der Waals surface area contributed by atoms with E-state index in [1.54, 1.807) is 18.0 Å². The quantitative estimate of drug-likeness (QED) is 0.807. The molecule has 1 atom stereocenters. The molecule has 2 heterocycles. The number of aromatic nitrogens is 1. The minimum absolute atomic E-state index is 0.00981. The van der Waals surface area contributed by atoms with Crippen LogP contribution in [0.1, 0.15) is 22.3 Å². The van der Waals surface area contributed by atoms with Gasteiger partial charge in [-0.2, -0.15) is 0 Å². The fourth-order valence-corrected chi connectivity index (χ4v) is 3.29. The maximum absolute atomic E-state index is 12.7. The van der Waals surface area contributed by atoms with Crippen LogP contribution >= 0.6 is 11.8 Å². The fraction of sp³-hybridized carbons (Fsp3) is 0.333. The number of pyridine rings is 1. The van der Waals surface area contributed by atoms with Gasteiger partial charge in [0.2, 0.25) is 5.88 Å². The number of amides is 1. The van der Waals surface area contributed by atoms with E-state index in [-0.39, 0.29) is 12.0 Å². The van der Waals surface area contributed by atoms with Crippen LogP contribution < -0.4 is 4.74 Å². The predicted octanol–water partition coefficient (Wildman–Crippen LogP) is 3.41. The number of ether oxygens (including phenoxy) is 1. The van der Waals surface area contributed by atoms with Crippen LogP contribution in [0.25, 0.3) is 0 Å². The van der Waals surface area contributed by atoms with Crippen LogP contribution in [0.5, 0.6) is 5.88 Å². The molecule has 1 aromatic carbocycles. The molecule has 1 aliphatic rings. The largest absolute Gasteiger partial charge is 0.472 e. The Kier molecular flexibility index (Phi) is 4.86. The zero-order valence-electron chi connectivity index (χ0n) is 13.4. The number of carbonyl (C=O) groups is 1. The third kappa shape index (κ3) is 3.67. The van der Waals surface area contributed by atoms with E-state index in [1.165, 1.54) is 0 Å². The first-order valence-corrected chi connectivity index (χ1v) is 8.91. The van der Waals surface area contributed by atoms with E-state index in [1.807, 2.05) is 54.5 Å². The lowest BCUT2D eigenvalue weighted by Crippen LogP contribution is -2.31. The summed E-state index contributed by atoms with van der Waals surface area (Å²) in [4.78, 5) is 19.9. The van der Waals surface area contributed by atoms with E-state index in [9.17, 15) is 4.79 Å². The smallest absolute Gasteiger partial charge is 0.255 e. The predicted molar refractivity (Wildman–Crippen MR) is 92.1 cm³/mol. The number of thioether (sulfide) groups is 1. The van der Waals surface area contributed by atoms with Crippen molar-refractivity contribution in [3.8, 4) is 5.88 Å². The van der Waals surface area contributed by atoms with Crippen LogP contribution in [0.15, 0.2) is 47.5 Å². The molecular formula is C18H20N2O2S. The second-order valence-corrected chi connectivity index (χ2v) is 6.50. The number of hydrogen-bond donors (Lipinski definition) is 0. The fourth-order valence-electron chi connectivity index (χ4n) is 2.70. The Labute approximate surface area is 140 Å². The number of benzene rings is 1. The highest BCUT2D eigenvalue weighted by Crippen LogP contribution is 2.24. The average molecular weight is 328 g/mol. The van der Waals surface area contributed by atoms with E-state index in [0.29, 0.717) is 12.4 Å². The lowest BCUT2D eigenvalue weighted by Gasteiger charge is -2.18. The van der Waals surface area contributed by atoms with E-state index < -0.39 is 0 Å². The van der Waals surface area contributed by atoms with Crippen molar-refractivity contribution in [1.29, 1.82) is 0 Å². The molecule has 1 aliphatic heterocycles. The minimum Gasteiger partial charge on any atom is -0.472 e. The summed E-state index contributed by atoms with van der Waals surface area (Å²) in [7, 11) is 0. The van der Waals surface area contributed by atoms with E-state index in [4.69, 9.17) is 4.74 Å². The molecule has 1 fully saturated rings. The lowest BCUT2D eigenvalue weighted by atomic mass is 10.2. The Morgan fingerprint density at radius 3 is 2.87 bits per heavy atom. The summed E-state index contributed by atoms with van der Waals surface area (Å²) in [5, 5.41) is 0. The van der Waals surface area contributed by atoms with Crippen molar-refractivity contribution in [2.75, 3.05) is 19.3 Å². The number of likely N-dealkylation sites (tertiary alicyclic amines) is 1. The Balaban J connectivity index is 1.65. The van der Waals surface area contributed by atoms with Crippen LogP contribution in [0.3, 0.4) is 0 Å². The molecule has 0 spiro atoms. The Morgan fingerprint density at radius 1 is 1.30 bits per heavy atom. The summed E-state index contributed by atoms with van der Waals surface area (Å²) >= 11 is 1.60. The number of hydrogen-bond acceptors (Lipinski definition) is 4. The number of nitrogens with zero attached hydrogens (tertiary/aromatic N) is 2. The molecule has 1 amide bonds. The van der Waals surface area contributed by atoms with E-state index in [2.05, 4.69) is 4.98 Å². The molecule has 23 heavy (non-hydrogen) atoms. The molecule has 4 nitrogen and oxygen atoms in total. The van der Waals surface area contributed by atoms with Crippen molar-refractivity contribution < 1.29 is 9.53 Å². The van der Waals surface area contributed by atoms with Gasteiger partial charge in [0.1, 0.15) is 6.10 Å². The van der Waals surface area contributed by atoms with Crippen LogP contribution in [0.4, 0.5) is 0 Å². The first-order valence-electron chi connectivity index (χ1n) is 7.69. The SMILES string of the molecule is CSc1ccccc1C(=O)N1CCC(Oc2ccc(C)cn2)C1.